The minimum atomic E-state index is -0.259. The molecule has 2 rings (SSSR count). The number of carbonyl (C=O) groups is 1. The average molecular weight is 295 g/mol. The standard InChI is InChI=1S/C18H17NO3/c1-5-13-7-6-8-15(9-13)19-18(20)14-10-16(21-3)12(2)17(11-14)22-4/h1,6-11H,2-4H3,(H,19,20). The van der Waals surface area contributed by atoms with E-state index in [0.717, 1.165) is 5.56 Å². The highest BCUT2D eigenvalue weighted by Gasteiger charge is 2.13. The topological polar surface area (TPSA) is 47.6 Å². The van der Waals surface area contributed by atoms with Gasteiger partial charge in [-0.1, -0.05) is 12.0 Å². The van der Waals surface area contributed by atoms with Crippen LogP contribution in [0.25, 0.3) is 0 Å². The number of anilines is 1. The summed E-state index contributed by atoms with van der Waals surface area (Å²) in [6.07, 6.45) is 5.36. The largest absolute Gasteiger partial charge is 0.496 e. The number of hydrogen-bond donors (Lipinski definition) is 1. The second kappa shape index (κ2) is 6.68. The first-order valence-corrected chi connectivity index (χ1v) is 6.69. The normalized spacial score (nSPS) is 9.73. The summed E-state index contributed by atoms with van der Waals surface area (Å²) in [6.45, 7) is 1.87. The van der Waals surface area contributed by atoms with Crippen molar-refractivity contribution >= 4 is 11.6 Å². The molecule has 0 aliphatic carbocycles. The van der Waals surface area contributed by atoms with E-state index in [9.17, 15) is 4.79 Å². The van der Waals surface area contributed by atoms with Crippen LogP contribution in [0, 0.1) is 19.3 Å². The second-order valence-corrected chi connectivity index (χ2v) is 4.69. The van der Waals surface area contributed by atoms with Gasteiger partial charge in [0.05, 0.1) is 14.2 Å². The third-order valence-corrected chi connectivity index (χ3v) is 3.30. The summed E-state index contributed by atoms with van der Waals surface area (Å²) < 4.78 is 10.6. The number of ether oxygens (including phenoxy) is 2. The molecular formula is C18H17NO3. The molecule has 0 radical (unpaired) electrons. The van der Waals surface area contributed by atoms with Crippen molar-refractivity contribution in [2.24, 2.45) is 0 Å². The van der Waals surface area contributed by atoms with Crippen LogP contribution in [0.5, 0.6) is 11.5 Å². The van der Waals surface area contributed by atoms with Crippen LogP contribution in [0.3, 0.4) is 0 Å². The molecule has 1 amide bonds. The molecule has 0 fully saturated rings. The van der Waals surface area contributed by atoms with Crippen LogP contribution >= 0.6 is 0 Å². The molecule has 0 atom stereocenters. The van der Waals surface area contributed by atoms with E-state index in [1.807, 2.05) is 6.92 Å². The molecule has 0 heterocycles. The molecule has 1 N–H and O–H groups in total. The minimum Gasteiger partial charge on any atom is -0.496 e. The van der Waals surface area contributed by atoms with Crippen LogP contribution in [-0.4, -0.2) is 20.1 Å². The van der Waals surface area contributed by atoms with Crippen LogP contribution in [0.1, 0.15) is 21.5 Å². The molecule has 22 heavy (non-hydrogen) atoms. The van der Waals surface area contributed by atoms with E-state index < -0.39 is 0 Å². The number of carbonyl (C=O) groups excluding carboxylic acids is 1. The van der Waals surface area contributed by atoms with Gasteiger partial charge < -0.3 is 14.8 Å². The lowest BCUT2D eigenvalue weighted by Gasteiger charge is -2.13. The van der Waals surface area contributed by atoms with Crippen LogP contribution in [-0.2, 0) is 0 Å². The Morgan fingerprint density at radius 1 is 1.14 bits per heavy atom. The quantitative estimate of drug-likeness (QED) is 0.881. The molecule has 0 spiro atoms. The Morgan fingerprint density at radius 3 is 2.32 bits per heavy atom. The smallest absolute Gasteiger partial charge is 0.255 e. The highest BCUT2D eigenvalue weighted by atomic mass is 16.5. The molecule has 0 aromatic heterocycles. The molecule has 0 saturated heterocycles. The number of rotatable bonds is 4. The lowest BCUT2D eigenvalue weighted by atomic mass is 10.1. The Bertz CT molecular complexity index is 719. The van der Waals surface area contributed by atoms with Gasteiger partial charge in [0, 0.05) is 22.4 Å². The van der Waals surface area contributed by atoms with Gasteiger partial charge in [-0.05, 0) is 37.3 Å². The molecule has 0 aliphatic heterocycles. The van der Waals surface area contributed by atoms with Gasteiger partial charge in [-0.3, -0.25) is 4.79 Å². The third kappa shape index (κ3) is 3.21. The molecule has 2 aromatic carbocycles. The number of benzene rings is 2. The Kier molecular flexibility index (Phi) is 4.70. The van der Waals surface area contributed by atoms with E-state index in [1.165, 1.54) is 0 Å². The van der Waals surface area contributed by atoms with E-state index in [2.05, 4.69) is 11.2 Å². The van der Waals surface area contributed by atoms with E-state index in [-0.39, 0.29) is 5.91 Å². The monoisotopic (exact) mass is 295 g/mol. The minimum absolute atomic E-state index is 0.259. The zero-order valence-electron chi connectivity index (χ0n) is 12.8. The average Bonchev–Trinajstić information content (AvgIpc) is 2.55. The van der Waals surface area contributed by atoms with E-state index in [4.69, 9.17) is 15.9 Å². The van der Waals surface area contributed by atoms with E-state index >= 15 is 0 Å². The molecule has 0 aliphatic rings. The second-order valence-electron chi connectivity index (χ2n) is 4.69. The number of terminal acetylenes is 1. The number of amides is 1. The first kappa shape index (κ1) is 15.5. The molecule has 4 heteroatoms. The predicted molar refractivity (Wildman–Crippen MR) is 86.6 cm³/mol. The maximum Gasteiger partial charge on any atom is 0.255 e. The summed E-state index contributed by atoms with van der Waals surface area (Å²) in [7, 11) is 3.11. The summed E-state index contributed by atoms with van der Waals surface area (Å²) in [5, 5.41) is 2.81. The van der Waals surface area contributed by atoms with Crippen molar-refractivity contribution in [3.05, 3.63) is 53.1 Å². The number of methoxy groups -OCH3 is 2. The van der Waals surface area contributed by atoms with E-state index in [1.54, 1.807) is 50.6 Å². The fraction of sp³-hybridized carbons (Fsp3) is 0.167. The molecule has 4 nitrogen and oxygen atoms in total. The van der Waals surface area contributed by atoms with Crippen molar-refractivity contribution in [3.63, 3.8) is 0 Å². The maximum absolute atomic E-state index is 12.4. The summed E-state index contributed by atoms with van der Waals surface area (Å²) in [6, 6.07) is 10.5. The Balaban J connectivity index is 2.31. The van der Waals surface area contributed by atoms with Gasteiger partial charge in [0.1, 0.15) is 11.5 Å². The molecule has 0 unspecified atom stereocenters. The van der Waals surface area contributed by atoms with Crippen molar-refractivity contribution in [1.82, 2.24) is 0 Å². The molecule has 0 bridgehead atoms. The van der Waals surface area contributed by atoms with Crippen molar-refractivity contribution in [2.75, 3.05) is 19.5 Å². The van der Waals surface area contributed by atoms with Crippen LogP contribution in [0.4, 0.5) is 5.69 Å². The van der Waals surface area contributed by atoms with Gasteiger partial charge in [0.15, 0.2) is 0 Å². The maximum atomic E-state index is 12.4. The Morgan fingerprint density at radius 2 is 1.77 bits per heavy atom. The van der Waals surface area contributed by atoms with Crippen molar-refractivity contribution in [1.29, 1.82) is 0 Å². The summed E-state index contributed by atoms with van der Waals surface area (Å²) >= 11 is 0. The van der Waals surface area contributed by atoms with Gasteiger partial charge in [-0.15, -0.1) is 6.42 Å². The van der Waals surface area contributed by atoms with E-state index in [0.29, 0.717) is 28.3 Å². The van der Waals surface area contributed by atoms with Crippen LogP contribution in [0.2, 0.25) is 0 Å². The zero-order valence-corrected chi connectivity index (χ0v) is 12.8. The number of hydrogen-bond acceptors (Lipinski definition) is 3. The summed E-state index contributed by atoms with van der Waals surface area (Å²) in [4.78, 5) is 12.4. The highest BCUT2D eigenvalue weighted by molar-refractivity contribution is 6.05. The fourth-order valence-corrected chi connectivity index (χ4v) is 2.11. The van der Waals surface area contributed by atoms with Crippen molar-refractivity contribution in [3.8, 4) is 23.8 Å². The lowest BCUT2D eigenvalue weighted by molar-refractivity contribution is 0.102. The fourth-order valence-electron chi connectivity index (χ4n) is 2.11. The molecule has 112 valence electrons. The Hall–Kier alpha value is -2.93. The number of nitrogens with one attached hydrogen (secondary N) is 1. The molecule has 2 aromatic rings. The predicted octanol–water partition coefficient (Wildman–Crippen LogP) is 3.25. The van der Waals surface area contributed by atoms with Gasteiger partial charge in [-0.2, -0.15) is 0 Å². The zero-order chi connectivity index (χ0) is 16.1. The van der Waals surface area contributed by atoms with Gasteiger partial charge in [0.25, 0.3) is 5.91 Å². The third-order valence-electron chi connectivity index (χ3n) is 3.30. The van der Waals surface area contributed by atoms with Gasteiger partial charge >= 0.3 is 0 Å². The van der Waals surface area contributed by atoms with Gasteiger partial charge in [-0.25, -0.2) is 0 Å². The van der Waals surface area contributed by atoms with Crippen molar-refractivity contribution < 1.29 is 14.3 Å². The van der Waals surface area contributed by atoms with Crippen LogP contribution in [0.15, 0.2) is 36.4 Å². The lowest BCUT2D eigenvalue weighted by Crippen LogP contribution is -2.12. The van der Waals surface area contributed by atoms with Gasteiger partial charge in [0.2, 0.25) is 0 Å². The highest BCUT2D eigenvalue weighted by Crippen LogP contribution is 2.29. The Labute approximate surface area is 130 Å². The SMILES string of the molecule is C#Cc1cccc(NC(=O)c2cc(OC)c(C)c(OC)c2)c1. The summed E-state index contributed by atoms with van der Waals surface area (Å²) in [5.74, 6) is 3.47. The molecular weight excluding hydrogens is 278 g/mol. The van der Waals surface area contributed by atoms with Crippen LogP contribution < -0.4 is 14.8 Å². The molecule has 0 saturated carbocycles. The first-order chi connectivity index (χ1) is 10.6. The first-order valence-electron chi connectivity index (χ1n) is 6.69. The van der Waals surface area contributed by atoms with Crippen molar-refractivity contribution in [2.45, 2.75) is 6.92 Å². The summed E-state index contributed by atoms with van der Waals surface area (Å²) in [5.41, 5.74) is 2.64.